The van der Waals surface area contributed by atoms with Crippen LogP contribution in [0.1, 0.15) is 16.6 Å². The van der Waals surface area contributed by atoms with E-state index < -0.39 is 22.3 Å². The minimum absolute atomic E-state index is 0.0141. The molecule has 0 aromatic carbocycles. The third-order valence-corrected chi connectivity index (χ3v) is 3.42. The third kappa shape index (κ3) is 3.89. The van der Waals surface area contributed by atoms with E-state index >= 15 is 0 Å². The van der Waals surface area contributed by atoms with Gasteiger partial charge >= 0.3 is 22.3 Å². The summed E-state index contributed by atoms with van der Waals surface area (Å²) in [5.74, 6) is -1.26. The highest BCUT2D eigenvalue weighted by Crippen LogP contribution is 2.22. The van der Waals surface area contributed by atoms with E-state index in [1.807, 2.05) is 4.72 Å². The van der Waals surface area contributed by atoms with Crippen molar-refractivity contribution >= 4 is 39.3 Å². The number of anilines is 1. The Bertz CT molecular complexity index is 550. The first-order valence-electron chi connectivity index (χ1n) is 4.64. The molecule has 0 fully saturated rings. The van der Waals surface area contributed by atoms with Crippen LogP contribution in [0.3, 0.4) is 0 Å². The van der Waals surface area contributed by atoms with E-state index in [0.29, 0.717) is 0 Å². The molecule has 0 radical (unpaired) electrons. The van der Waals surface area contributed by atoms with Gasteiger partial charge in [0.1, 0.15) is 4.88 Å². The van der Waals surface area contributed by atoms with Crippen LogP contribution >= 0.6 is 11.3 Å². The van der Waals surface area contributed by atoms with Gasteiger partial charge in [-0.15, -0.1) is 11.3 Å². The summed E-state index contributed by atoms with van der Waals surface area (Å²) in [4.78, 5) is 21.5. The molecule has 1 amide bonds. The van der Waals surface area contributed by atoms with Crippen LogP contribution in [0, 0.1) is 0 Å². The number of rotatable bonds is 5. The maximum absolute atomic E-state index is 11.4. The Morgan fingerprint density at radius 1 is 1.50 bits per heavy atom. The molecule has 1 rings (SSSR count). The summed E-state index contributed by atoms with van der Waals surface area (Å²) < 4.78 is 30.8. The maximum Gasteiger partial charge on any atom is 0.422 e. The predicted molar refractivity (Wildman–Crippen MR) is 64.0 cm³/mol. The molecule has 1 heterocycles. The molecule has 0 aliphatic rings. The third-order valence-electron chi connectivity index (χ3n) is 1.60. The Morgan fingerprint density at radius 3 is 2.72 bits per heavy atom. The fourth-order valence-corrected chi connectivity index (χ4v) is 2.54. The van der Waals surface area contributed by atoms with Crippen molar-refractivity contribution in [1.82, 2.24) is 4.72 Å². The Kier molecular flexibility index (Phi) is 4.50. The van der Waals surface area contributed by atoms with Gasteiger partial charge in [0.2, 0.25) is 0 Å². The molecular formula is C8H10N2O6S2. The number of carbonyl (C=O) groups is 2. The number of carboxylic acids is 1. The fraction of sp³-hybridized carbons (Fsp3) is 0.250. The van der Waals surface area contributed by atoms with Crippen LogP contribution in [0.5, 0.6) is 0 Å². The summed E-state index contributed by atoms with van der Waals surface area (Å²) in [5, 5.41) is 10.2. The van der Waals surface area contributed by atoms with Crippen LogP contribution in [0.4, 0.5) is 10.5 Å². The first-order chi connectivity index (χ1) is 8.35. The molecule has 1 aromatic rings. The molecular weight excluding hydrogens is 284 g/mol. The quantitative estimate of drug-likeness (QED) is 0.740. The van der Waals surface area contributed by atoms with Crippen molar-refractivity contribution in [2.24, 2.45) is 0 Å². The minimum atomic E-state index is -4.21. The van der Waals surface area contributed by atoms with Crippen LogP contribution in [0.25, 0.3) is 0 Å². The van der Waals surface area contributed by atoms with Crippen LogP contribution in [-0.4, -0.2) is 32.2 Å². The van der Waals surface area contributed by atoms with E-state index in [-0.39, 0.29) is 17.2 Å². The van der Waals surface area contributed by atoms with Crippen LogP contribution in [0.15, 0.2) is 11.4 Å². The summed E-state index contributed by atoms with van der Waals surface area (Å²) in [7, 11) is -4.21. The number of thiophene rings is 1. The van der Waals surface area contributed by atoms with Gasteiger partial charge in [0.05, 0.1) is 12.3 Å². The van der Waals surface area contributed by atoms with Crippen LogP contribution in [0.2, 0.25) is 0 Å². The molecule has 1 aromatic heterocycles. The Hall–Kier alpha value is -1.81. The highest BCUT2D eigenvalue weighted by atomic mass is 32.2. The SMILES string of the molecule is CCOC(=O)NS(=O)(=O)Nc1ccsc1C(=O)O. The van der Waals surface area contributed by atoms with E-state index in [4.69, 9.17) is 5.11 Å². The second-order valence-corrected chi connectivity index (χ2v) is 5.23. The monoisotopic (exact) mass is 294 g/mol. The van der Waals surface area contributed by atoms with Crippen molar-refractivity contribution in [1.29, 1.82) is 0 Å². The highest BCUT2D eigenvalue weighted by molar-refractivity contribution is 7.91. The van der Waals surface area contributed by atoms with Gasteiger partial charge in [-0.25, -0.2) is 14.3 Å². The first kappa shape index (κ1) is 14.3. The number of hydrogen-bond donors (Lipinski definition) is 3. The molecule has 100 valence electrons. The molecule has 0 bridgehead atoms. The number of hydrogen-bond acceptors (Lipinski definition) is 6. The number of aromatic carboxylic acids is 1. The van der Waals surface area contributed by atoms with Crippen molar-refractivity contribution in [2.45, 2.75) is 6.92 Å². The molecule has 0 spiro atoms. The minimum Gasteiger partial charge on any atom is -0.477 e. The lowest BCUT2D eigenvalue weighted by Crippen LogP contribution is -2.35. The number of carboxylic acid groups (broad SMARTS) is 1. The Morgan fingerprint density at radius 2 is 2.17 bits per heavy atom. The largest absolute Gasteiger partial charge is 0.477 e. The van der Waals surface area contributed by atoms with Crippen molar-refractivity contribution < 1.29 is 27.9 Å². The summed E-state index contributed by atoms with van der Waals surface area (Å²) in [5.41, 5.74) is -0.121. The topological polar surface area (TPSA) is 122 Å². The van der Waals surface area contributed by atoms with Gasteiger partial charge < -0.3 is 9.84 Å². The van der Waals surface area contributed by atoms with Gasteiger partial charge in [0.15, 0.2) is 0 Å². The van der Waals surface area contributed by atoms with Crippen LogP contribution in [-0.2, 0) is 14.9 Å². The van der Waals surface area contributed by atoms with E-state index in [9.17, 15) is 18.0 Å². The lowest BCUT2D eigenvalue weighted by Gasteiger charge is -2.08. The number of nitrogens with one attached hydrogen (secondary N) is 2. The molecule has 0 aliphatic heterocycles. The maximum atomic E-state index is 11.4. The molecule has 3 N–H and O–H groups in total. The van der Waals surface area contributed by atoms with E-state index in [1.54, 1.807) is 4.72 Å². The normalized spacial score (nSPS) is 10.7. The number of ether oxygens (including phenoxy) is 1. The van der Waals surface area contributed by atoms with Crippen molar-refractivity contribution in [2.75, 3.05) is 11.3 Å². The smallest absolute Gasteiger partial charge is 0.422 e. The molecule has 0 aliphatic carbocycles. The Labute approximate surface area is 107 Å². The lowest BCUT2D eigenvalue weighted by molar-refractivity contribution is 0.0703. The lowest BCUT2D eigenvalue weighted by atomic mass is 10.4. The van der Waals surface area contributed by atoms with E-state index in [1.165, 1.54) is 18.4 Å². The zero-order valence-corrected chi connectivity index (χ0v) is 10.8. The second kappa shape index (κ2) is 5.69. The molecule has 8 nitrogen and oxygen atoms in total. The molecule has 0 saturated heterocycles. The zero-order chi connectivity index (χ0) is 13.8. The van der Waals surface area contributed by atoms with Gasteiger partial charge in [-0.1, -0.05) is 0 Å². The average Bonchev–Trinajstić information content (AvgIpc) is 2.63. The van der Waals surface area contributed by atoms with Gasteiger partial charge in [0.25, 0.3) is 0 Å². The predicted octanol–water partition coefficient (Wildman–Crippen LogP) is 0.849. The second-order valence-electron chi connectivity index (χ2n) is 2.90. The molecule has 0 unspecified atom stereocenters. The number of amides is 1. The van der Waals surface area contributed by atoms with Gasteiger partial charge in [-0.05, 0) is 18.4 Å². The average molecular weight is 294 g/mol. The summed E-state index contributed by atoms with van der Waals surface area (Å²) in [6, 6.07) is 1.28. The summed E-state index contributed by atoms with van der Waals surface area (Å²) >= 11 is 0.857. The van der Waals surface area contributed by atoms with Crippen molar-refractivity contribution in [3.8, 4) is 0 Å². The van der Waals surface area contributed by atoms with E-state index in [0.717, 1.165) is 11.3 Å². The highest BCUT2D eigenvalue weighted by Gasteiger charge is 2.19. The van der Waals surface area contributed by atoms with Gasteiger partial charge in [0, 0.05) is 0 Å². The molecule has 0 saturated carbocycles. The fourth-order valence-electron chi connectivity index (χ4n) is 0.996. The summed E-state index contributed by atoms with van der Waals surface area (Å²) in [6.07, 6.45) is -1.14. The van der Waals surface area contributed by atoms with Gasteiger partial charge in [-0.2, -0.15) is 8.42 Å². The summed E-state index contributed by atoms with van der Waals surface area (Å²) in [6.45, 7) is 1.53. The standard InChI is InChI=1S/C8H10N2O6S2/c1-2-16-8(13)10-18(14,15)9-5-3-4-17-6(5)7(11)12/h3-4,9H,2H2,1H3,(H,10,13)(H,11,12). The molecule has 0 atom stereocenters. The van der Waals surface area contributed by atoms with Gasteiger partial charge in [-0.3, -0.25) is 4.72 Å². The van der Waals surface area contributed by atoms with Crippen molar-refractivity contribution in [3.05, 3.63) is 16.3 Å². The van der Waals surface area contributed by atoms with E-state index in [2.05, 4.69) is 4.74 Å². The first-order valence-corrected chi connectivity index (χ1v) is 7.00. The Balaban J connectivity index is 2.80. The van der Waals surface area contributed by atoms with Crippen LogP contribution < -0.4 is 9.44 Å². The zero-order valence-electron chi connectivity index (χ0n) is 9.17. The van der Waals surface area contributed by atoms with Crippen molar-refractivity contribution in [3.63, 3.8) is 0 Å². The molecule has 10 heteroatoms. The number of carbonyl (C=O) groups excluding carboxylic acids is 1. The molecule has 18 heavy (non-hydrogen) atoms.